The Bertz CT molecular complexity index is 838. The van der Waals surface area contributed by atoms with Crippen molar-refractivity contribution in [3.63, 3.8) is 0 Å². The molecule has 3 N–H and O–H groups in total. The zero-order valence-electron chi connectivity index (χ0n) is 13.5. The number of nitrogens with one attached hydrogen (secondary N) is 1. The van der Waals surface area contributed by atoms with Crippen molar-refractivity contribution in [1.82, 2.24) is 25.0 Å². The molecule has 0 aliphatic carbocycles. The van der Waals surface area contributed by atoms with Gasteiger partial charge in [-0.25, -0.2) is 10.00 Å². The second-order valence-electron chi connectivity index (χ2n) is 6.00. The van der Waals surface area contributed by atoms with E-state index in [2.05, 4.69) is 44.7 Å². The van der Waals surface area contributed by atoms with Gasteiger partial charge in [0.1, 0.15) is 6.10 Å². The summed E-state index contributed by atoms with van der Waals surface area (Å²) in [6, 6.07) is 12.5. The lowest BCUT2D eigenvalue weighted by Gasteiger charge is -2.38. The number of fused-ring (bicyclic) bond motifs is 1. The molecule has 1 aliphatic heterocycles. The summed E-state index contributed by atoms with van der Waals surface area (Å²) in [4.78, 5) is 12.0. The van der Waals surface area contributed by atoms with E-state index in [1.165, 1.54) is 5.56 Å². The highest BCUT2D eigenvalue weighted by Gasteiger charge is 2.27. The Kier molecular flexibility index (Phi) is 3.89. The van der Waals surface area contributed by atoms with Crippen LogP contribution in [0.25, 0.3) is 16.8 Å². The van der Waals surface area contributed by atoms with Crippen LogP contribution in [0.1, 0.15) is 5.56 Å². The van der Waals surface area contributed by atoms with Gasteiger partial charge >= 0.3 is 0 Å². The number of aromatic nitrogens is 3. The largest absolute Gasteiger partial charge is 0.366 e. The highest BCUT2D eigenvalue weighted by molar-refractivity contribution is 5.77. The van der Waals surface area contributed by atoms with Crippen molar-refractivity contribution in [1.29, 1.82) is 0 Å². The molecule has 4 rings (SSSR count). The fraction of sp³-hybridized carbons (Fsp3) is 0.294. The predicted octanol–water partition coefficient (Wildman–Crippen LogP) is 1.31. The van der Waals surface area contributed by atoms with Crippen molar-refractivity contribution in [2.24, 2.45) is 0 Å². The van der Waals surface area contributed by atoms with Crippen LogP contribution in [0.5, 0.6) is 0 Å². The molecule has 1 aromatic carbocycles. The van der Waals surface area contributed by atoms with Crippen LogP contribution in [0.2, 0.25) is 0 Å². The van der Waals surface area contributed by atoms with Crippen molar-refractivity contribution in [2.75, 3.05) is 25.9 Å². The minimum atomic E-state index is 0.287. The van der Waals surface area contributed by atoms with E-state index in [4.69, 9.17) is 10.6 Å². The van der Waals surface area contributed by atoms with Crippen LogP contribution in [0.4, 0.5) is 5.95 Å². The van der Waals surface area contributed by atoms with Crippen LogP contribution >= 0.6 is 0 Å². The summed E-state index contributed by atoms with van der Waals surface area (Å²) in [5.74, 6) is 0.287. The van der Waals surface area contributed by atoms with E-state index in [-0.39, 0.29) is 5.95 Å². The Labute approximate surface area is 140 Å². The number of hydrogen-bond donors (Lipinski definition) is 2. The standard InChI is InChI=1S/C17H20N6O/c1-19-24-14-10-22(11-14)9-12-4-6-13(7-5-12)15-3-2-8-23-16(15)20-17(18)21-23/h2-8,14,19H,9-11H2,1H3,(H2,18,21). The fourth-order valence-corrected chi connectivity index (χ4v) is 3.09. The lowest BCUT2D eigenvalue weighted by molar-refractivity contribution is -0.0971. The molecule has 0 saturated carbocycles. The zero-order chi connectivity index (χ0) is 16.5. The van der Waals surface area contributed by atoms with Crippen LogP contribution in [0.15, 0.2) is 42.6 Å². The van der Waals surface area contributed by atoms with Gasteiger partial charge in [-0.3, -0.25) is 9.74 Å². The van der Waals surface area contributed by atoms with E-state index in [0.29, 0.717) is 6.10 Å². The molecule has 1 aliphatic rings. The topological polar surface area (TPSA) is 80.7 Å². The van der Waals surface area contributed by atoms with Crippen molar-refractivity contribution in [3.8, 4) is 11.1 Å². The SMILES string of the molecule is CNOC1CN(Cc2ccc(-c3cccn4nc(N)nc34)cc2)C1. The van der Waals surface area contributed by atoms with Gasteiger partial charge in [0.2, 0.25) is 5.95 Å². The van der Waals surface area contributed by atoms with Gasteiger partial charge in [-0.15, -0.1) is 5.10 Å². The molecule has 0 amide bonds. The molecule has 3 aromatic rings. The molecule has 0 radical (unpaired) electrons. The van der Waals surface area contributed by atoms with Crippen LogP contribution in [-0.2, 0) is 11.4 Å². The molecule has 1 saturated heterocycles. The van der Waals surface area contributed by atoms with Gasteiger partial charge in [-0.2, -0.15) is 4.98 Å². The summed E-state index contributed by atoms with van der Waals surface area (Å²) in [6.45, 7) is 2.85. The van der Waals surface area contributed by atoms with Crippen molar-refractivity contribution < 1.29 is 4.84 Å². The number of rotatable bonds is 5. The number of nitrogen functional groups attached to an aromatic ring is 1. The highest BCUT2D eigenvalue weighted by atomic mass is 16.7. The second kappa shape index (κ2) is 6.20. The maximum atomic E-state index is 5.71. The van der Waals surface area contributed by atoms with E-state index < -0.39 is 0 Å². The number of hydroxylamine groups is 1. The number of benzene rings is 1. The number of anilines is 1. The van der Waals surface area contributed by atoms with Gasteiger partial charge in [0.25, 0.3) is 0 Å². The molecule has 0 bridgehead atoms. The summed E-state index contributed by atoms with van der Waals surface area (Å²) < 4.78 is 1.71. The molecule has 2 aromatic heterocycles. The second-order valence-corrected chi connectivity index (χ2v) is 6.00. The van der Waals surface area contributed by atoms with Gasteiger partial charge in [0, 0.05) is 38.4 Å². The third-order valence-corrected chi connectivity index (χ3v) is 4.26. The number of nitrogens with zero attached hydrogens (tertiary/aromatic N) is 4. The number of hydrogen-bond acceptors (Lipinski definition) is 6. The van der Waals surface area contributed by atoms with Gasteiger partial charge in [-0.1, -0.05) is 24.3 Å². The quantitative estimate of drug-likeness (QED) is 0.689. The Hall–Kier alpha value is -2.48. The number of pyridine rings is 1. The van der Waals surface area contributed by atoms with Crippen molar-refractivity contribution in [3.05, 3.63) is 48.2 Å². The van der Waals surface area contributed by atoms with E-state index in [1.807, 2.05) is 18.3 Å². The maximum Gasteiger partial charge on any atom is 0.240 e. The number of likely N-dealkylation sites (tertiary alicyclic amines) is 1. The first-order valence-corrected chi connectivity index (χ1v) is 7.98. The molecule has 1 fully saturated rings. The van der Waals surface area contributed by atoms with E-state index in [0.717, 1.165) is 36.4 Å². The van der Waals surface area contributed by atoms with Crippen LogP contribution in [0.3, 0.4) is 0 Å². The van der Waals surface area contributed by atoms with Gasteiger partial charge in [0.15, 0.2) is 5.65 Å². The summed E-state index contributed by atoms with van der Waals surface area (Å²) in [7, 11) is 1.80. The first-order valence-electron chi connectivity index (χ1n) is 7.98. The maximum absolute atomic E-state index is 5.71. The number of nitrogens with two attached hydrogens (primary N) is 1. The Morgan fingerprint density at radius 2 is 2.04 bits per heavy atom. The monoisotopic (exact) mass is 324 g/mol. The first-order chi connectivity index (χ1) is 11.7. The Morgan fingerprint density at radius 3 is 2.79 bits per heavy atom. The van der Waals surface area contributed by atoms with E-state index in [9.17, 15) is 0 Å². The third kappa shape index (κ3) is 2.84. The molecule has 24 heavy (non-hydrogen) atoms. The Morgan fingerprint density at radius 1 is 1.25 bits per heavy atom. The minimum Gasteiger partial charge on any atom is -0.366 e. The summed E-state index contributed by atoms with van der Waals surface area (Å²) in [5.41, 5.74) is 12.7. The van der Waals surface area contributed by atoms with Crippen molar-refractivity contribution >= 4 is 11.6 Å². The first kappa shape index (κ1) is 15.1. The van der Waals surface area contributed by atoms with Crippen molar-refractivity contribution in [2.45, 2.75) is 12.6 Å². The van der Waals surface area contributed by atoms with E-state index >= 15 is 0 Å². The summed E-state index contributed by atoms with van der Waals surface area (Å²) in [6.07, 6.45) is 2.15. The molecule has 0 unspecified atom stereocenters. The van der Waals surface area contributed by atoms with Gasteiger partial charge in [0.05, 0.1) is 0 Å². The van der Waals surface area contributed by atoms with Gasteiger partial charge < -0.3 is 5.73 Å². The van der Waals surface area contributed by atoms with Crippen LogP contribution in [0, 0.1) is 0 Å². The summed E-state index contributed by atoms with van der Waals surface area (Å²) >= 11 is 0. The molecule has 0 spiro atoms. The lowest BCUT2D eigenvalue weighted by Crippen LogP contribution is -2.52. The smallest absolute Gasteiger partial charge is 0.240 e. The Balaban J connectivity index is 1.49. The van der Waals surface area contributed by atoms with Crippen LogP contribution < -0.4 is 11.2 Å². The summed E-state index contributed by atoms with van der Waals surface area (Å²) in [5, 5.41) is 4.16. The zero-order valence-corrected chi connectivity index (χ0v) is 13.5. The molecule has 0 atom stereocenters. The minimum absolute atomic E-state index is 0.287. The predicted molar refractivity (Wildman–Crippen MR) is 92.0 cm³/mol. The van der Waals surface area contributed by atoms with E-state index in [1.54, 1.807) is 11.6 Å². The average molecular weight is 324 g/mol. The molecular formula is C17H20N6O. The fourth-order valence-electron chi connectivity index (χ4n) is 3.09. The molecule has 124 valence electrons. The van der Waals surface area contributed by atoms with Crippen LogP contribution in [-0.4, -0.2) is 45.7 Å². The van der Waals surface area contributed by atoms with Gasteiger partial charge in [-0.05, 0) is 23.3 Å². The molecule has 7 heteroatoms. The molecular weight excluding hydrogens is 304 g/mol. The normalized spacial score (nSPS) is 15.7. The highest BCUT2D eigenvalue weighted by Crippen LogP contribution is 2.25. The molecule has 3 heterocycles. The average Bonchev–Trinajstić information content (AvgIpc) is 2.94. The molecule has 7 nitrogen and oxygen atoms in total. The lowest BCUT2D eigenvalue weighted by atomic mass is 10.0. The third-order valence-electron chi connectivity index (χ3n) is 4.26.